The van der Waals surface area contributed by atoms with E-state index in [0.717, 1.165) is 0 Å². The predicted octanol–water partition coefficient (Wildman–Crippen LogP) is 7.37. The van der Waals surface area contributed by atoms with E-state index < -0.39 is 14.7 Å². The molecule has 0 radical (unpaired) electrons. The summed E-state index contributed by atoms with van der Waals surface area (Å²) in [5.74, 6) is 0. The minimum Gasteiger partial charge on any atom is -0.275 e. The molecule has 0 N–H and O–H groups in total. The Morgan fingerprint density at radius 3 is 1.50 bits per heavy atom. The first-order valence-electron chi connectivity index (χ1n) is 9.60. The normalized spacial score (nSPS) is 21.9. The van der Waals surface area contributed by atoms with Crippen molar-refractivity contribution in [3.05, 3.63) is 28.8 Å². The molecular formula is C21H39N2OP2+. The van der Waals surface area contributed by atoms with Crippen LogP contribution in [0.4, 0.5) is 5.69 Å². The van der Waals surface area contributed by atoms with Gasteiger partial charge in [-0.05, 0) is 99.0 Å². The van der Waals surface area contributed by atoms with Crippen LogP contribution in [0.1, 0.15) is 79.0 Å². The maximum absolute atomic E-state index is 14.7. The molecule has 1 aromatic carbocycles. The summed E-state index contributed by atoms with van der Waals surface area (Å²) in [5.41, 5.74) is 5.09. The third kappa shape index (κ3) is 3.41. The lowest BCUT2D eigenvalue weighted by Gasteiger charge is -2.35. The molecule has 2 rings (SSSR count). The molecule has 1 aromatic rings. The third-order valence-electron chi connectivity index (χ3n) is 5.19. The van der Waals surface area contributed by atoms with Crippen LogP contribution in [-0.2, 0) is 4.57 Å². The van der Waals surface area contributed by atoms with Crippen LogP contribution >= 0.6 is 14.7 Å². The van der Waals surface area contributed by atoms with Crippen LogP contribution in [0.2, 0.25) is 0 Å². The van der Waals surface area contributed by atoms with Crippen LogP contribution in [0, 0.1) is 20.8 Å². The summed E-state index contributed by atoms with van der Waals surface area (Å²) in [7, 11) is -1.36. The van der Waals surface area contributed by atoms with Crippen LogP contribution in [0.5, 0.6) is 0 Å². The van der Waals surface area contributed by atoms with Gasteiger partial charge in [-0.25, -0.2) is 0 Å². The van der Waals surface area contributed by atoms with Gasteiger partial charge in [0.05, 0.1) is 15.9 Å². The average Bonchev–Trinajstić information content (AvgIpc) is 3.08. The van der Waals surface area contributed by atoms with E-state index in [9.17, 15) is 4.57 Å². The highest BCUT2D eigenvalue weighted by molar-refractivity contribution is 8.36. The first-order valence-corrected chi connectivity index (χ1v) is 13.5. The number of rotatable bonds is 2. The number of aryl methyl sites for hydroxylation is 3. The Kier molecular flexibility index (Phi) is 5.34. The number of benzene rings is 1. The molecule has 1 aliphatic heterocycles. The van der Waals surface area contributed by atoms with Gasteiger partial charge in [0.25, 0.3) is 14.7 Å². The van der Waals surface area contributed by atoms with Crippen molar-refractivity contribution >= 4 is 20.4 Å². The Balaban J connectivity index is 2.70. The van der Waals surface area contributed by atoms with E-state index in [1.165, 1.54) is 22.4 Å². The first-order chi connectivity index (χ1) is 11.4. The maximum atomic E-state index is 14.7. The van der Waals surface area contributed by atoms with E-state index in [0.29, 0.717) is 0 Å². The fourth-order valence-electron chi connectivity index (χ4n) is 4.32. The van der Waals surface area contributed by atoms with Crippen molar-refractivity contribution in [2.75, 3.05) is 4.78 Å². The molecule has 0 spiro atoms. The molecule has 2 atom stereocenters. The lowest BCUT2D eigenvalue weighted by molar-refractivity contribution is 0.338. The monoisotopic (exact) mass is 397 g/mol. The highest BCUT2D eigenvalue weighted by atomic mass is 32.1. The molecular weight excluding hydrogens is 358 g/mol. The van der Waals surface area contributed by atoms with Crippen molar-refractivity contribution in [3.63, 3.8) is 0 Å². The molecule has 5 heteroatoms. The number of hydrogen-bond acceptors (Lipinski definition) is 3. The summed E-state index contributed by atoms with van der Waals surface area (Å²) in [6, 6.07) is 4.50. The second-order valence-electron chi connectivity index (χ2n) is 10.8. The van der Waals surface area contributed by atoms with Crippen molar-refractivity contribution in [2.24, 2.45) is 0 Å². The van der Waals surface area contributed by atoms with E-state index in [4.69, 9.17) is 0 Å². The molecule has 0 bridgehead atoms. The molecule has 0 aromatic heterocycles. The number of anilines is 1. The predicted molar refractivity (Wildman–Crippen MR) is 120 cm³/mol. The quantitative estimate of drug-likeness (QED) is 0.384. The van der Waals surface area contributed by atoms with Crippen molar-refractivity contribution < 1.29 is 4.57 Å². The van der Waals surface area contributed by atoms with Crippen molar-refractivity contribution in [3.8, 4) is 0 Å². The van der Waals surface area contributed by atoms with E-state index in [2.05, 4.69) is 105 Å². The Morgan fingerprint density at radius 2 is 1.19 bits per heavy atom. The minimum atomic E-state index is -2.52. The van der Waals surface area contributed by atoms with Crippen LogP contribution in [0.3, 0.4) is 0 Å². The van der Waals surface area contributed by atoms with Crippen LogP contribution in [0.15, 0.2) is 12.1 Å². The van der Waals surface area contributed by atoms with Gasteiger partial charge in [0, 0.05) is 0 Å². The van der Waals surface area contributed by atoms with Gasteiger partial charge >= 0.3 is 0 Å². The molecule has 3 nitrogen and oxygen atoms in total. The molecule has 148 valence electrons. The lowest BCUT2D eigenvalue weighted by Crippen LogP contribution is -2.30. The Labute approximate surface area is 162 Å². The summed E-state index contributed by atoms with van der Waals surface area (Å²) in [6.45, 7) is 23.7. The van der Waals surface area contributed by atoms with Gasteiger partial charge in [-0.3, -0.25) is 4.57 Å². The van der Waals surface area contributed by atoms with Crippen molar-refractivity contribution in [1.29, 1.82) is 0 Å². The molecule has 1 heterocycles. The maximum Gasteiger partial charge on any atom is 0.261 e. The van der Waals surface area contributed by atoms with Gasteiger partial charge in [0.1, 0.15) is 5.69 Å². The smallest absolute Gasteiger partial charge is 0.261 e. The molecule has 26 heavy (non-hydrogen) atoms. The van der Waals surface area contributed by atoms with Gasteiger partial charge < -0.3 is 0 Å². The Bertz CT molecular complexity index is 710. The van der Waals surface area contributed by atoms with Gasteiger partial charge in [0.15, 0.2) is 0 Å². The van der Waals surface area contributed by atoms with E-state index in [1.807, 2.05) is 0 Å². The van der Waals surface area contributed by atoms with Gasteiger partial charge in [0.2, 0.25) is 0 Å². The fraction of sp³-hybridized carbons (Fsp3) is 0.714. The van der Waals surface area contributed by atoms with Gasteiger partial charge in [-0.2, -0.15) is 0 Å². The summed E-state index contributed by atoms with van der Waals surface area (Å²) in [5, 5.41) is -0.436. The standard InChI is InChI=1S/C21H38N2OP2/c1-15-13-16(2)18(17(3)14-15)22-23(19(4,5)6)25(22)26(24,20(7,8)9)21(10,11)12/h13-14H,1-12H3/p+1. The second kappa shape index (κ2) is 6.33. The first kappa shape index (κ1) is 21.9. The zero-order valence-electron chi connectivity index (χ0n) is 18.9. The number of hydrogen-bond donors (Lipinski definition) is 0. The van der Waals surface area contributed by atoms with Crippen LogP contribution in [0.25, 0.3) is 0 Å². The second-order valence-corrected chi connectivity index (χ2v) is 19.2. The minimum absolute atomic E-state index is 0.0375. The third-order valence-corrected chi connectivity index (χ3v) is 18.3. The molecule has 1 fully saturated rings. The van der Waals surface area contributed by atoms with Crippen molar-refractivity contribution in [1.82, 2.24) is 4.78 Å². The molecule has 0 saturated carbocycles. The summed E-state index contributed by atoms with van der Waals surface area (Å²) < 4.78 is 19.6. The fourth-order valence-corrected chi connectivity index (χ4v) is 17.1. The van der Waals surface area contributed by atoms with Crippen molar-refractivity contribution in [2.45, 2.75) is 98.9 Å². The molecule has 2 unspecified atom stereocenters. The van der Waals surface area contributed by atoms with Gasteiger partial charge in [-0.1, -0.05) is 17.7 Å². The SMILES string of the molecule is Cc1cc(C)c(N2N(C(C)(C)C)[PH+]2P(=O)(C(C)(C)C)C(C)(C)C)c(C)c1. The summed E-state index contributed by atoms with van der Waals surface area (Å²) in [6.07, 6.45) is 0. The van der Waals surface area contributed by atoms with E-state index in [1.54, 1.807) is 0 Å². The molecule has 0 amide bonds. The Morgan fingerprint density at radius 1 is 0.808 bits per heavy atom. The molecule has 0 aliphatic carbocycles. The summed E-state index contributed by atoms with van der Waals surface area (Å²) in [4.78, 5) is 0. The largest absolute Gasteiger partial charge is 0.275 e. The number of nitrogens with zero attached hydrogens (tertiary/aromatic N) is 2. The number of hydrazine groups is 1. The zero-order valence-corrected chi connectivity index (χ0v) is 20.8. The summed E-state index contributed by atoms with van der Waals surface area (Å²) >= 11 is 0. The highest BCUT2D eigenvalue weighted by Gasteiger charge is 2.76. The Hall–Kier alpha value is -0.360. The zero-order chi connectivity index (χ0) is 20.5. The van der Waals surface area contributed by atoms with Crippen LogP contribution < -0.4 is 4.78 Å². The van der Waals surface area contributed by atoms with Gasteiger partial charge in [-0.15, -0.1) is 4.78 Å². The van der Waals surface area contributed by atoms with Crippen LogP contribution in [-0.4, -0.2) is 20.6 Å². The topological polar surface area (TPSA) is 23.1 Å². The van der Waals surface area contributed by atoms with E-state index >= 15 is 0 Å². The van der Waals surface area contributed by atoms with E-state index in [-0.39, 0.29) is 15.9 Å². The molecule has 1 saturated heterocycles. The molecule has 1 aliphatic rings. The average molecular weight is 398 g/mol. The highest BCUT2D eigenvalue weighted by Crippen LogP contribution is 2.97. The lowest BCUT2D eigenvalue weighted by atomic mass is 10.1.